The summed E-state index contributed by atoms with van der Waals surface area (Å²) < 4.78 is 0. The van der Waals surface area contributed by atoms with Gasteiger partial charge >= 0.3 is 0 Å². The predicted molar refractivity (Wildman–Crippen MR) is 99.7 cm³/mol. The first-order chi connectivity index (χ1) is 12.7. The van der Waals surface area contributed by atoms with Crippen molar-refractivity contribution in [2.45, 2.75) is 25.7 Å². The largest absolute Gasteiger partial charge is 0.369 e. The number of nitrogens with one attached hydrogen (secondary N) is 1. The molecule has 0 radical (unpaired) electrons. The van der Waals surface area contributed by atoms with Gasteiger partial charge in [0.1, 0.15) is 5.82 Å². The molecule has 1 saturated heterocycles. The van der Waals surface area contributed by atoms with Crippen molar-refractivity contribution in [2.75, 3.05) is 31.1 Å². The van der Waals surface area contributed by atoms with E-state index in [0.717, 1.165) is 62.4 Å². The van der Waals surface area contributed by atoms with Crippen molar-refractivity contribution in [3.05, 3.63) is 35.8 Å². The molecule has 1 amide bonds. The summed E-state index contributed by atoms with van der Waals surface area (Å²) in [5.74, 6) is 1.34. The number of carbonyl (C=O) groups excluding carboxylic acids is 1. The van der Waals surface area contributed by atoms with Crippen LogP contribution in [0.15, 0.2) is 24.5 Å². The van der Waals surface area contributed by atoms with Crippen LogP contribution in [-0.2, 0) is 17.6 Å². The van der Waals surface area contributed by atoms with Crippen LogP contribution < -0.4 is 16.0 Å². The first-order valence-corrected chi connectivity index (χ1v) is 9.27. The number of nitrogens with zero attached hydrogens (tertiary/aromatic N) is 4. The van der Waals surface area contributed by atoms with Crippen molar-refractivity contribution in [1.29, 1.82) is 0 Å². The van der Waals surface area contributed by atoms with Crippen LogP contribution in [0.5, 0.6) is 0 Å². The van der Waals surface area contributed by atoms with Gasteiger partial charge in [-0.2, -0.15) is 0 Å². The highest BCUT2D eigenvalue weighted by Gasteiger charge is 2.28. The number of aromatic nitrogens is 3. The summed E-state index contributed by atoms with van der Waals surface area (Å²) in [5, 5.41) is 3.44. The monoisotopic (exact) mass is 352 g/mol. The number of piperidine rings is 1. The van der Waals surface area contributed by atoms with Crippen molar-refractivity contribution < 1.29 is 4.79 Å². The van der Waals surface area contributed by atoms with Crippen LogP contribution in [0.2, 0.25) is 0 Å². The third-order valence-electron chi connectivity index (χ3n) is 5.20. The summed E-state index contributed by atoms with van der Waals surface area (Å²) >= 11 is 0. The quantitative estimate of drug-likeness (QED) is 0.853. The summed E-state index contributed by atoms with van der Waals surface area (Å²) in [4.78, 5) is 27.9. The van der Waals surface area contributed by atoms with E-state index in [1.54, 1.807) is 12.4 Å². The SMILES string of the molecule is NC(=O)C1CCCN(c2nc(-c3cccnc3)nc3c2CCNCC3)C1. The number of nitrogens with two attached hydrogens (primary N) is 1. The Morgan fingerprint density at radius 1 is 1.27 bits per heavy atom. The number of carbonyl (C=O) groups is 1. The van der Waals surface area contributed by atoms with Crippen LogP contribution >= 0.6 is 0 Å². The number of fused-ring (bicyclic) bond motifs is 1. The van der Waals surface area contributed by atoms with E-state index in [9.17, 15) is 4.79 Å². The van der Waals surface area contributed by atoms with E-state index in [4.69, 9.17) is 15.7 Å². The first kappa shape index (κ1) is 16.9. The van der Waals surface area contributed by atoms with Gasteiger partial charge in [0.15, 0.2) is 5.82 Å². The van der Waals surface area contributed by atoms with Crippen LogP contribution in [0.1, 0.15) is 24.1 Å². The molecule has 0 saturated carbocycles. The Labute approximate surface area is 153 Å². The van der Waals surface area contributed by atoms with E-state index in [1.165, 1.54) is 5.56 Å². The van der Waals surface area contributed by atoms with E-state index in [2.05, 4.69) is 15.2 Å². The Balaban J connectivity index is 1.77. The molecular weight excluding hydrogens is 328 g/mol. The van der Waals surface area contributed by atoms with E-state index >= 15 is 0 Å². The normalized spacial score (nSPS) is 20.3. The molecule has 1 fully saturated rings. The van der Waals surface area contributed by atoms with Gasteiger partial charge in [-0.15, -0.1) is 0 Å². The average molecular weight is 352 g/mol. The molecule has 0 spiro atoms. The molecule has 2 aliphatic rings. The van der Waals surface area contributed by atoms with Crippen LogP contribution in [0.25, 0.3) is 11.4 Å². The second-order valence-corrected chi connectivity index (χ2v) is 6.98. The van der Waals surface area contributed by atoms with Crippen molar-refractivity contribution in [3.8, 4) is 11.4 Å². The van der Waals surface area contributed by atoms with Gasteiger partial charge in [0.2, 0.25) is 5.91 Å². The fourth-order valence-corrected chi connectivity index (χ4v) is 3.81. The number of hydrogen-bond acceptors (Lipinski definition) is 6. The van der Waals surface area contributed by atoms with Crippen LogP contribution in [0, 0.1) is 5.92 Å². The fourth-order valence-electron chi connectivity index (χ4n) is 3.81. The van der Waals surface area contributed by atoms with Crippen LogP contribution in [0.3, 0.4) is 0 Å². The lowest BCUT2D eigenvalue weighted by Gasteiger charge is -2.33. The standard InChI is InChI=1S/C19H24N6O/c20-17(26)14-4-2-10-25(12-14)19-15-5-8-21-9-6-16(15)23-18(24-19)13-3-1-7-22-11-13/h1,3,7,11,14,21H,2,4-6,8-10,12H2,(H2,20,26). The first-order valence-electron chi connectivity index (χ1n) is 9.27. The maximum absolute atomic E-state index is 11.7. The molecule has 0 aliphatic carbocycles. The molecule has 136 valence electrons. The second kappa shape index (κ2) is 7.37. The Bertz CT molecular complexity index is 794. The summed E-state index contributed by atoms with van der Waals surface area (Å²) in [5.41, 5.74) is 8.79. The Kier molecular flexibility index (Phi) is 4.79. The van der Waals surface area contributed by atoms with E-state index in [-0.39, 0.29) is 11.8 Å². The third-order valence-corrected chi connectivity index (χ3v) is 5.20. The fraction of sp³-hybridized carbons (Fsp3) is 0.474. The van der Waals surface area contributed by atoms with Gasteiger partial charge in [-0.3, -0.25) is 9.78 Å². The molecule has 2 aromatic rings. The Hall–Kier alpha value is -2.54. The van der Waals surface area contributed by atoms with E-state index in [0.29, 0.717) is 12.4 Å². The Morgan fingerprint density at radius 2 is 2.15 bits per heavy atom. The molecular formula is C19H24N6O. The zero-order valence-corrected chi connectivity index (χ0v) is 14.8. The maximum atomic E-state index is 11.7. The highest BCUT2D eigenvalue weighted by molar-refractivity contribution is 5.77. The van der Waals surface area contributed by atoms with Crippen molar-refractivity contribution in [3.63, 3.8) is 0 Å². The minimum atomic E-state index is -0.219. The number of pyridine rings is 1. The lowest BCUT2D eigenvalue weighted by atomic mass is 9.96. The smallest absolute Gasteiger partial charge is 0.222 e. The number of amides is 1. The molecule has 3 N–H and O–H groups in total. The predicted octanol–water partition coefficient (Wildman–Crippen LogP) is 0.928. The van der Waals surface area contributed by atoms with Crippen LogP contribution in [0.4, 0.5) is 5.82 Å². The van der Waals surface area contributed by atoms with E-state index < -0.39 is 0 Å². The zero-order valence-electron chi connectivity index (χ0n) is 14.8. The topological polar surface area (TPSA) is 97.0 Å². The molecule has 1 atom stereocenters. The van der Waals surface area contributed by atoms with Gasteiger partial charge in [0.25, 0.3) is 0 Å². The molecule has 1 unspecified atom stereocenters. The molecule has 2 aromatic heterocycles. The molecule has 0 aromatic carbocycles. The van der Waals surface area contributed by atoms with Crippen molar-refractivity contribution >= 4 is 11.7 Å². The minimum absolute atomic E-state index is 0.111. The number of anilines is 1. The molecule has 7 heteroatoms. The third kappa shape index (κ3) is 3.39. The molecule has 2 aliphatic heterocycles. The molecule has 26 heavy (non-hydrogen) atoms. The summed E-state index contributed by atoms with van der Waals surface area (Å²) in [6.07, 6.45) is 7.13. The average Bonchev–Trinajstić information content (AvgIpc) is 2.93. The minimum Gasteiger partial charge on any atom is -0.369 e. The molecule has 0 bridgehead atoms. The van der Waals surface area contributed by atoms with Gasteiger partial charge in [0, 0.05) is 49.6 Å². The number of primary amides is 1. The number of rotatable bonds is 3. The van der Waals surface area contributed by atoms with Gasteiger partial charge < -0.3 is 16.0 Å². The lowest BCUT2D eigenvalue weighted by Crippen LogP contribution is -2.42. The van der Waals surface area contributed by atoms with Crippen LogP contribution in [-0.4, -0.2) is 47.0 Å². The highest BCUT2D eigenvalue weighted by Crippen LogP contribution is 2.30. The van der Waals surface area contributed by atoms with E-state index in [1.807, 2.05) is 12.1 Å². The zero-order chi connectivity index (χ0) is 17.9. The van der Waals surface area contributed by atoms with Gasteiger partial charge in [-0.1, -0.05) is 0 Å². The highest BCUT2D eigenvalue weighted by atomic mass is 16.1. The lowest BCUT2D eigenvalue weighted by molar-refractivity contribution is -0.122. The van der Waals surface area contributed by atoms with Gasteiger partial charge in [0.05, 0.1) is 11.6 Å². The summed E-state index contributed by atoms with van der Waals surface area (Å²) in [6, 6.07) is 3.88. The van der Waals surface area contributed by atoms with Crippen molar-refractivity contribution in [2.24, 2.45) is 11.7 Å². The molecule has 4 heterocycles. The molecule has 7 nitrogen and oxygen atoms in total. The van der Waals surface area contributed by atoms with Crippen molar-refractivity contribution in [1.82, 2.24) is 20.3 Å². The van der Waals surface area contributed by atoms with Gasteiger partial charge in [-0.05, 0) is 37.9 Å². The maximum Gasteiger partial charge on any atom is 0.222 e. The number of hydrogen-bond donors (Lipinski definition) is 2. The Morgan fingerprint density at radius 3 is 2.96 bits per heavy atom. The second-order valence-electron chi connectivity index (χ2n) is 6.98. The molecule has 4 rings (SSSR count). The van der Waals surface area contributed by atoms with Gasteiger partial charge in [-0.25, -0.2) is 9.97 Å². The summed E-state index contributed by atoms with van der Waals surface area (Å²) in [7, 11) is 0. The summed E-state index contributed by atoms with van der Waals surface area (Å²) in [6.45, 7) is 3.37.